The molecule has 1 unspecified atom stereocenters. The highest BCUT2D eigenvalue weighted by atomic mass is 32.1. The summed E-state index contributed by atoms with van der Waals surface area (Å²) in [6, 6.07) is 6.46. The minimum Gasteiger partial charge on any atom is -0.353 e. The Balaban J connectivity index is 1.76. The van der Waals surface area contributed by atoms with Crippen LogP contribution in [-0.4, -0.2) is 34.9 Å². The van der Waals surface area contributed by atoms with E-state index < -0.39 is 0 Å². The van der Waals surface area contributed by atoms with Gasteiger partial charge < -0.3 is 5.32 Å². The standard InChI is InChI=1S/C18H23N3OS/c1-4-16-17(22)19-7-8-21(16)11-15-10-20-18(23-15)14-6-5-12(2)13(3)9-14/h5-6,9-10,16H,4,7-8,11H2,1-3H3,(H,19,22). The predicted octanol–water partition coefficient (Wildman–Crippen LogP) is 3.14. The summed E-state index contributed by atoms with van der Waals surface area (Å²) >= 11 is 1.72. The number of thiazole rings is 1. The minimum absolute atomic E-state index is 0.0177. The van der Waals surface area contributed by atoms with Crippen LogP contribution in [0.5, 0.6) is 0 Å². The zero-order valence-electron chi connectivity index (χ0n) is 13.9. The van der Waals surface area contributed by atoms with E-state index in [0.717, 1.165) is 31.1 Å². The Hall–Kier alpha value is -1.72. The minimum atomic E-state index is -0.0177. The van der Waals surface area contributed by atoms with Crippen molar-refractivity contribution in [2.24, 2.45) is 0 Å². The summed E-state index contributed by atoms with van der Waals surface area (Å²) < 4.78 is 0. The van der Waals surface area contributed by atoms with Crippen LogP contribution in [0, 0.1) is 13.8 Å². The summed E-state index contributed by atoms with van der Waals surface area (Å²) in [6.45, 7) is 8.76. The summed E-state index contributed by atoms with van der Waals surface area (Å²) in [5.41, 5.74) is 3.77. The van der Waals surface area contributed by atoms with Gasteiger partial charge in [0.15, 0.2) is 0 Å². The molecule has 1 saturated heterocycles. The number of piperazine rings is 1. The second-order valence-electron chi connectivity index (χ2n) is 6.12. The number of aryl methyl sites for hydroxylation is 2. The third kappa shape index (κ3) is 3.46. The zero-order chi connectivity index (χ0) is 16.4. The van der Waals surface area contributed by atoms with Gasteiger partial charge in [0.1, 0.15) is 5.01 Å². The van der Waals surface area contributed by atoms with Crippen LogP contribution in [0.4, 0.5) is 0 Å². The molecule has 1 aliphatic heterocycles. The average Bonchev–Trinajstić information content (AvgIpc) is 2.99. The van der Waals surface area contributed by atoms with Gasteiger partial charge in [-0.25, -0.2) is 4.98 Å². The van der Waals surface area contributed by atoms with E-state index in [4.69, 9.17) is 0 Å². The van der Waals surface area contributed by atoms with Crippen molar-refractivity contribution in [3.05, 3.63) is 40.4 Å². The molecule has 0 saturated carbocycles. The average molecular weight is 329 g/mol. The largest absolute Gasteiger partial charge is 0.353 e. The first-order valence-electron chi connectivity index (χ1n) is 8.12. The van der Waals surface area contributed by atoms with Crippen LogP contribution in [0.15, 0.2) is 24.4 Å². The smallest absolute Gasteiger partial charge is 0.237 e. The van der Waals surface area contributed by atoms with Gasteiger partial charge >= 0.3 is 0 Å². The van der Waals surface area contributed by atoms with Crippen LogP contribution in [0.1, 0.15) is 29.3 Å². The maximum atomic E-state index is 12.0. The van der Waals surface area contributed by atoms with Gasteiger partial charge in [-0.1, -0.05) is 19.1 Å². The second kappa shape index (κ2) is 6.81. The summed E-state index contributed by atoms with van der Waals surface area (Å²) in [6.07, 6.45) is 2.79. The lowest BCUT2D eigenvalue weighted by atomic mass is 10.1. The molecule has 5 heteroatoms. The van der Waals surface area contributed by atoms with E-state index in [1.165, 1.54) is 21.6 Å². The van der Waals surface area contributed by atoms with E-state index >= 15 is 0 Å². The number of nitrogens with one attached hydrogen (secondary N) is 1. The number of rotatable bonds is 4. The van der Waals surface area contributed by atoms with Gasteiger partial charge in [-0.15, -0.1) is 11.3 Å². The van der Waals surface area contributed by atoms with Crippen LogP contribution in [0.3, 0.4) is 0 Å². The van der Waals surface area contributed by atoms with Crippen molar-refractivity contribution in [3.63, 3.8) is 0 Å². The Bertz CT molecular complexity index is 710. The quantitative estimate of drug-likeness (QED) is 0.937. The first-order chi connectivity index (χ1) is 11.1. The Labute approximate surface area is 141 Å². The molecule has 122 valence electrons. The molecule has 1 fully saturated rings. The molecular weight excluding hydrogens is 306 g/mol. The Morgan fingerprint density at radius 2 is 2.17 bits per heavy atom. The third-order valence-electron chi connectivity index (χ3n) is 4.49. The van der Waals surface area contributed by atoms with Gasteiger partial charge in [0.2, 0.25) is 5.91 Å². The number of benzene rings is 1. The fourth-order valence-electron chi connectivity index (χ4n) is 2.98. The maximum absolute atomic E-state index is 12.0. The molecule has 1 N–H and O–H groups in total. The van der Waals surface area contributed by atoms with Crippen LogP contribution in [-0.2, 0) is 11.3 Å². The molecule has 3 rings (SSSR count). The molecule has 0 spiro atoms. The molecule has 0 aliphatic carbocycles. The number of nitrogens with zero attached hydrogens (tertiary/aromatic N) is 2. The second-order valence-corrected chi connectivity index (χ2v) is 7.23. The van der Waals surface area contributed by atoms with Gasteiger partial charge in [-0.05, 0) is 37.5 Å². The van der Waals surface area contributed by atoms with E-state index in [1.54, 1.807) is 11.3 Å². The lowest BCUT2D eigenvalue weighted by Gasteiger charge is -2.33. The molecule has 23 heavy (non-hydrogen) atoms. The molecule has 0 bridgehead atoms. The van der Waals surface area contributed by atoms with Crippen molar-refractivity contribution in [2.75, 3.05) is 13.1 Å². The van der Waals surface area contributed by atoms with Gasteiger partial charge in [0, 0.05) is 36.3 Å². The van der Waals surface area contributed by atoms with Crippen LogP contribution in [0.25, 0.3) is 10.6 Å². The zero-order valence-corrected chi connectivity index (χ0v) is 14.7. The topological polar surface area (TPSA) is 45.2 Å². The first kappa shape index (κ1) is 16.1. The van der Waals surface area contributed by atoms with Crippen molar-refractivity contribution in [2.45, 2.75) is 39.8 Å². The fraction of sp³-hybridized carbons (Fsp3) is 0.444. The van der Waals surface area contributed by atoms with Crippen molar-refractivity contribution in [1.82, 2.24) is 15.2 Å². The van der Waals surface area contributed by atoms with Crippen LogP contribution >= 0.6 is 11.3 Å². The molecule has 1 amide bonds. The fourth-order valence-corrected chi connectivity index (χ4v) is 3.92. The van der Waals surface area contributed by atoms with E-state index in [9.17, 15) is 4.79 Å². The summed E-state index contributed by atoms with van der Waals surface area (Å²) in [7, 11) is 0. The number of carbonyl (C=O) groups excluding carboxylic acids is 1. The first-order valence-corrected chi connectivity index (χ1v) is 8.94. The number of hydrogen-bond donors (Lipinski definition) is 1. The Morgan fingerprint density at radius 3 is 2.91 bits per heavy atom. The molecular formula is C18H23N3OS. The molecule has 4 nitrogen and oxygen atoms in total. The lowest BCUT2D eigenvalue weighted by molar-refractivity contribution is -0.129. The summed E-state index contributed by atoms with van der Waals surface area (Å²) in [5, 5.41) is 4.00. The molecule has 2 aromatic rings. The van der Waals surface area contributed by atoms with Crippen LogP contribution < -0.4 is 5.32 Å². The van der Waals surface area contributed by atoms with Crippen molar-refractivity contribution < 1.29 is 4.79 Å². The molecule has 1 aromatic heterocycles. The lowest BCUT2D eigenvalue weighted by Crippen LogP contribution is -2.54. The highest BCUT2D eigenvalue weighted by molar-refractivity contribution is 7.15. The molecule has 2 heterocycles. The molecule has 0 radical (unpaired) electrons. The SMILES string of the molecule is CCC1C(=O)NCCN1Cc1cnc(-c2ccc(C)c(C)c2)s1. The van der Waals surface area contributed by atoms with E-state index in [0.29, 0.717) is 0 Å². The van der Waals surface area contributed by atoms with Gasteiger partial charge in [-0.2, -0.15) is 0 Å². The summed E-state index contributed by atoms with van der Waals surface area (Å²) in [4.78, 5) is 20.0. The van der Waals surface area contributed by atoms with Gasteiger partial charge in [-0.3, -0.25) is 9.69 Å². The number of hydrogen-bond acceptors (Lipinski definition) is 4. The van der Waals surface area contributed by atoms with Crippen molar-refractivity contribution >= 4 is 17.2 Å². The highest BCUT2D eigenvalue weighted by Crippen LogP contribution is 2.28. The van der Waals surface area contributed by atoms with E-state index in [1.807, 2.05) is 6.20 Å². The molecule has 1 aromatic carbocycles. The number of amides is 1. The third-order valence-corrected chi connectivity index (χ3v) is 5.53. The van der Waals surface area contributed by atoms with Crippen molar-refractivity contribution in [1.29, 1.82) is 0 Å². The monoisotopic (exact) mass is 329 g/mol. The Morgan fingerprint density at radius 1 is 1.35 bits per heavy atom. The van der Waals surface area contributed by atoms with E-state index in [-0.39, 0.29) is 11.9 Å². The normalized spacial score (nSPS) is 18.9. The van der Waals surface area contributed by atoms with E-state index in [2.05, 4.69) is 54.2 Å². The summed E-state index contributed by atoms with van der Waals surface area (Å²) in [5.74, 6) is 0.151. The highest BCUT2D eigenvalue weighted by Gasteiger charge is 2.28. The number of carbonyl (C=O) groups is 1. The molecule has 1 aliphatic rings. The number of aromatic nitrogens is 1. The van der Waals surface area contributed by atoms with Crippen LogP contribution in [0.2, 0.25) is 0 Å². The molecule has 1 atom stereocenters. The van der Waals surface area contributed by atoms with Gasteiger partial charge in [0.25, 0.3) is 0 Å². The predicted molar refractivity (Wildman–Crippen MR) is 94.5 cm³/mol. The Kier molecular flexibility index (Phi) is 4.78. The van der Waals surface area contributed by atoms with Crippen molar-refractivity contribution in [3.8, 4) is 10.6 Å². The maximum Gasteiger partial charge on any atom is 0.237 e. The van der Waals surface area contributed by atoms with Gasteiger partial charge in [0.05, 0.1) is 6.04 Å².